The van der Waals surface area contributed by atoms with Crippen LogP contribution in [0.3, 0.4) is 0 Å². The molecule has 3 rings (SSSR count). The number of nitrogens with zero attached hydrogens (tertiary/aromatic N) is 2. The molecule has 0 aliphatic rings. The molecule has 3 aromatic rings. The Labute approximate surface area is 186 Å². The minimum absolute atomic E-state index is 0.00918. The van der Waals surface area contributed by atoms with E-state index in [-0.39, 0.29) is 18.3 Å². The Bertz CT molecular complexity index is 1050. The summed E-state index contributed by atoms with van der Waals surface area (Å²) in [5.41, 5.74) is -0.192. The normalized spacial score (nSPS) is 13.5. The SMILES string of the molecule is CCOC(Cc1ccc(OC(C)c2ccc(-c3nccc(C(F)(F)F)n3)s2)cc1)C(=O)O. The fourth-order valence-electron chi connectivity index (χ4n) is 2.93. The van der Waals surface area contributed by atoms with Gasteiger partial charge in [-0.1, -0.05) is 12.1 Å². The fourth-order valence-corrected chi connectivity index (χ4v) is 3.86. The molecule has 1 N–H and O–H groups in total. The van der Waals surface area contributed by atoms with Crippen LogP contribution in [0.25, 0.3) is 10.7 Å². The van der Waals surface area contributed by atoms with E-state index in [1.165, 1.54) is 11.3 Å². The van der Waals surface area contributed by atoms with Crippen molar-refractivity contribution in [2.24, 2.45) is 0 Å². The molecule has 0 radical (unpaired) electrons. The van der Waals surface area contributed by atoms with Crippen molar-refractivity contribution in [3.8, 4) is 16.5 Å². The van der Waals surface area contributed by atoms with Crippen LogP contribution in [0.4, 0.5) is 13.2 Å². The van der Waals surface area contributed by atoms with E-state index in [2.05, 4.69) is 9.97 Å². The third-order valence-electron chi connectivity index (χ3n) is 4.49. The predicted octanol–water partition coefficient (Wildman–Crippen LogP) is 5.40. The van der Waals surface area contributed by atoms with E-state index in [9.17, 15) is 23.1 Å². The molecule has 1 aromatic carbocycles. The Morgan fingerprint density at radius 2 is 1.88 bits per heavy atom. The zero-order chi connectivity index (χ0) is 23.3. The molecule has 6 nitrogen and oxygen atoms in total. The maximum atomic E-state index is 12.9. The highest BCUT2D eigenvalue weighted by atomic mass is 32.1. The number of carboxylic acid groups (broad SMARTS) is 1. The van der Waals surface area contributed by atoms with Crippen LogP contribution in [0.5, 0.6) is 5.75 Å². The van der Waals surface area contributed by atoms with Gasteiger partial charge in [-0.3, -0.25) is 0 Å². The molecule has 2 aromatic heterocycles. The average Bonchev–Trinajstić information content (AvgIpc) is 3.25. The second kappa shape index (κ2) is 10.1. The molecule has 2 heterocycles. The van der Waals surface area contributed by atoms with Gasteiger partial charge in [-0.15, -0.1) is 11.3 Å². The van der Waals surface area contributed by atoms with Gasteiger partial charge in [0.1, 0.15) is 17.5 Å². The molecule has 0 spiro atoms. The number of hydrogen-bond donors (Lipinski definition) is 1. The van der Waals surface area contributed by atoms with Crippen molar-refractivity contribution in [1.82, 2.24) is 9.97 Å². The zero-order valence-corrected chi connectivity index (χ0v) is 18.1. The maximum absolute atomic E-state index is 12.9. The van der Waals surface area contributed by atoms with Gasteiger partial charge >= 0.3 is 12.1 Å². The van der Waals surface area contributed by atoms with Crippen LogP contribution in [0.15, 0.2) is 48.7 Å². The van der Waals surface area contributed by atoms with Crippen molar-refractivity contribution < 1.29 is 32.5 Å². The lowest BCUT2D eigenvalue weighted by Gasteiger charge is -2.15. The van der Waals surface area contributed by atoms with Crippen molar-refractivity contribution >= 4 is 17.3 Å². The Morgan fingerprint density at radius 1 is 1.16 bits per heavy atom. The standard InChI is InChI=1S/C22H21F3N2O4S/c1-3-30-16(21(28)29)12-14-4-6-15(7-5-14)31-13(2)17-8-9-18(32-17)20-26-11-10-19(27-20)22(23,24)25/h4-11,13,16H,3,12H2,1-2H3,(H,28,29). The summed E-state index contributed by atoms with van der Waals surface area (Å²) in [6.07, 6.45) is -4.47. The van der Waals surface area contributed by atoms with E-state index >= 15 is 0 Å². The van der Waals surface area contributed by atoms with Gasteiger partial charge in [-0.2, -0.15) is 13.2 Å². The lowest BCUT2D eigenvalue weighted by Crippen LogP contribution is -2.26. The predicted molar refractivity (Wildman–Crippen MR) is 113 cm³/mol. The second-order valence-electron chi connectivity index (χ2n) is 6.86. The molecule has 0 aliphatic carbocycles. The summed E-state index contributed by atoms with van der Waals surface area (Å²) in [4.78, 5) is 20.1. The number of aliphatic carboxylic acids is 1. The summed E-state index contributed by atoms with van der Waals surface area (Å²) in [5.74, 6) is -0.427. The number of ether oxygens (including phenoxy) is 2. The molecule has 2 unspecified atom stereocenters. The van der Waals surface area contributed by atoms with Crippen LogP contribution in [0.1, 0.15) is 36.1 Å². The Kier molecular flexibility index (Phi) is 7.47. The number of alkyl halides is 3. The number of carbonyl (C=O) groups is 1. The highest BCUT2D eigenvalue weighted by Crippen LogP contribution is 2.34. The van der Waals surface area contributed by atoms with Crippen LogP contribution in [-0.2, 0) is 22.1 Å². The average molecular weight is 466 g/mol. The Morgan fingerprint density at radius 3 is 2.50 bits per heavy atom. The van der Waals surface area contributed by atoms with Crippen molar-refractivity contribution in [1.29, 1.82) is 0 Å². The minimum Gasteiger partial charge on any atom is -0.485 e. The van der Waals surface area contributed by atoms with E-state index in [1.54, 1.807) is 43.3 Å². The summed E-state index contributed by atoms with van der Waals surface area (Å²) >= 11 is 1.25. The van der Waals surface area contributed by atoms with Gasteiger partial charge in [-0.25, -0.2) is 14.8 Å². The van der Waals surface area contributed by atoms with E-state index in [4.69, 9.17) is 9.47 Å². The van der Waals surface area contributed by atoms with Gasteiger partial charge in [-0.05, 0) is 49.7 Å². The first-order valence-corrected chi connectivity index (χ1v) is 10.6. The third kappa shape index (κ3) is 6.04. The van der Waals surface area contributed by atoms with Crippen LogP contribution < -0.4 is 4.74 Å². The summed E-state index contributed by atoms with van der Waals surface area (Å²) in [6.45, 7) is 3.87. The number of carboxylic acids is 1. The first kappa shape index (κ1) is 23.7. The summed E-state index contributed by atoms with van der Waals surface area (Å²) in [7, 11) is 0. The van der Waals surface area contributed by atoms with E-state index in [0.717, 1.165) is 22.7 Å². The molecule has 32 heavy (non-hydrogen) atoms. The number of aromatic nitrogens is 2. The Balaban J connectivity index is 1.66. The molecule has 2 atom stereocenters. The van der Waals surface area contributed by atoms with Crippen molar-refractivity contribution in [2.75, 3.05) is 6.61 Å². The van der Waals surface area contributed by atoms with E-state index < -0.39 is 23.9 Å². The van der Waals surface area contributed by atoms with Crippen molar-refractivity contribution in [3.05, 3.63) is 64.8 Å². The molecule has 170 valence electrons. The molecule has 0 aliphatic heterocycles. The number of thiophene rings is 1. The lowest BCUT2D eigenvalue weighted by atomic mass is 10.1. The summed E-state index contributed by atoms with van der Waals surface area (Å²) < 4.78 is 49.8. The van der Waals surface area contributed by atoms with Crippen LogP contribution in [0.2, 0.25) is 0 Å². The van der Waals surface area contributed by atoms with Crippen molar-refractivity contribution in [3.63, 3.8) is 0 Å². The quantitative estimate of drug-likeness (QED) is 0.455. The highest BCUT2D eigenvalue weighted by molar-refractivity contribution is 7.15. The topological polar surface area (TPSA) is 81.5 Å². The van der Waals surface area contributed by atoms with Crippen LogP contribution in [0, 0.1) is 0 Å². The molecule has 0 amide bonds. The largest absolute Gasteiger partial charge is 0.485 e. The fraction of sp³-hybridized carbons (Fsp3) is 0.318. The molecule has 0 bridgehead atoms. The zero-order valence-electron chi connectivity index (χ0n) is 17.3. The highest BCUT2D eigenvalue weighted by Gasteiger charge is 2.33. The van der Waals surface area contributed by atoms with Gasteiger partial charge in [0.15, 0.2) is 11.9 Å². The number of hydrogen-bond acceptors (Lipinski definition) is 6. The van der Waals surface area contributed by atoms with Crippen LogP contribution >= 0.6 is 11.3 Å². The third-order valence-corrected chi connectivity index (χ3v) is 5.74. The molecule has 0 fully saturated rings. The van der Waals surface area contributed by atoms with Gasteiger partial charge in [0.2, 0.25) is 0 Å². The van der Waals surface area contributed by atoms with Crippen molar-refractivity contribution in [2.45, 2.75) is 38.7 Å². The first-order chi connectivity index (χ1) is 15.2. The number of benzene rings is 1. The lowest BCUT2D eigenvalue weighted by molar-refractivity contribution is -0.150. The minimum atomic E-state index is -4.53. The van der Waals surface area contributed by atoms with Gasteiger partial charge in [0.25, 0.3) is 0 Å². The Hall–Kier alpha value is -2.98. The monoisotopic (exact) mass is 466 g/mol. The molecule has 10 heteroatoms. The van der Waals surface area contributed by atoms with E-state index in [0.29, 0.717) is 17.2 Å². The summed E-state index contributed by atoms with van der Waals surface area (Å²) in [6, 6.07) is 11.3. The molecular weight excluding hydrogens is 445 g/mol. The number of rotatable bonds is 9. The maximum Gasteiger partial charge on any atom is 0.433 e. The van der Waals surface area contributed by atoms with Gasteiger partial charge in [0, 0.05) is 24.1 Å². The second-order valence-corrected chi connectivity index (χ2v) is 7.97. The van der Waals surface area contributed by atoms with E-state index in [1.807, 2.05) is 6.92 Å². The molecule has 0 saturated heterocycles. The number of halogens is 3. The summed E-state index contributed by atoms with van der Waals surface area (Å²) in [5, 5.41) is 9.19. The first-order valence-electron chi connectivity index (χ1n) is 9.77. The molecule has 0 saturated carbocycles. The van der Waals surface area contributed by atoms with Gasteiger partial charge < -0.3 is 14.6 Å². The van der Waals surface area contributed by atoms with Gasteiger partial charge in [0.05, 0.1) is 4.88 Å². The van der Waals surface area contributed by atoms with Crippen LogP contribution in [-0.4, -0.2) is 33.8 Å². The molecular formula is C22H21F3N2O4S. The smallest absolute Gasteiger partial charge is 0.433 e.